The molecule has 2 heterocycles. The van der Waals surface area contributed by atoms with Gasteiger partial charge in [-0.3, -0.25) is 0 Å². The van der Waals surface area contributed by atoms with E-state index in [1.807, 2.05) is 12.1 Å². The topological polar surface area (TPSA) is 26.3 Å². The average molecular weight is 611 g/mol. The molecule has 0 radical (unpaired) electrons. The Hall–Kier alpha value is -6.38. The van der Waals surface area contributed by atoms with E-state index in [0.29, 0.717) is 0 Å². The van der Waals surface area contributed by atoms with Gasteiger partial charge in [0.25, 0.3) is 0 Å². The largest absolute Gasteiger partial charge is 0.456 e. The molecule has 0 N–H and O–H groups in total. The fraction of sp³-hybridized carbons (Fsp3) is 0. The molecular formula is C46H26O2. The quantitative estimate of drug-likeness (QED) is 0.144. The molecule has 0 atom stereocenters. The van der Waals surface area contributed by atoms with Crippen LogP contribution in [0.4, 0.5) is 0 Å². The first-order valence-electron chi connectivity index (χ1n) is 16.4. The molecule has 11 rings (SSSR count). The Morgan fingerprint density at radius 3 is 1.52 bits per heavy atom. The Balaban J connectivity index is 1.18. The maximum Gasteiger partial charge on any atom is 0.136 e. The summed E-state index contributed by atoms with van der Waals surface area (Å²) in [5.41, 5.74) is 8.39. The summed E-state index contributed by atoms with van der Waals surface area (Å²) in [6, 6.07) is 56.8. The second kappa shape index (κ2) is 9.57. The highest BCUT2D eigenvalue weighted by Crippen LogP contribution is 2.47. The molecule has 9 aromatic carbocycles. The van der Waals surface area contributed by atoms with E-state index < -0.39 is 0 Å². The zero-order valence-corrected chi connectivity index (χ0v) is 25.8. The summed E-state index contributed by atoms with van der Waals surface area (Å²) in [4.78, 5) is 0. The van der Waals surface area contributed by atoms with Crippen LogP contribution >= 0.6 is 0 Å². The van der Waals surface area contributed by atoms with Crippen LogP contribution in [-0.2, 0) is 0 Å². The van der Waals surface area contributed by atoms with Gasteiger partial charge in [0.05, 0.1) is 0 Å². The molecule has 2 heteroatoms. The Bertz CT molecular complexity index is 3060. The first-order valence-corrected chi connectivity index (χ1v) is 16.4. The zero-order valence-electron chi connectivity index (χ0n) is 25.8. The molecule has 0 fully saturated rings. The Morgan fingerprint density at radius 2 is 0.792 bits per heavy atom. The lowest BCUT2D eigenvalue weighted by Gasteiger charge is -2.19. The standard InChI is InChI=1S/C46H26O2/c1-2-11-29-27(10-1)20-22-31-30(29)17-9-18-34(31)46-37-15-5-3-13-35(37)45(36-14-4-6-16-38(36)46)28-21-23-33-40-26-43-39(25-44(40)48-42(33)24-28)32-12-7-8-19-41(32)47-43/h1-26H. The lowest BCUT2D eigenvalue weighted by molar-refractivity contribution is 0.664. The Morgan fingerprint density at radius 1 is 0.271 bits per heavy atom. The predicted molar refractivity (Wildman–Crippen MR) is 202 cm³/mol. The van der Waals surface area contributed by atoms with Crippen molar-refractivity contribution < 1.29 is 8.83 Å². The SMILES string of the molecule is c1ccc2c(c1)ccc1c(-c3c4ccccc4c(-c4ccc5c(c4)oc4cc6c(cc45)oc4ccccc46)c4ccccc34)cccc12. The van der Waals surface area contributed by atoms with Crippen LogP contribution in [0.1, 0.15) is 0 Å². The summed E-state index contributed by atoms with van der Waals surface area (Å²) in [6.07, 6.45) is 0. The van der Waals surface area contributed by atoms with E-state index in [-0.39, 0.29) is 0 Å². The van der Waals surface area contributed by atoms with Gasteiger partial charge in [0.2, 0.25) is 0 Å². The number of fused-ring (bicyclic) bond motifs is 11. The van der Waals surface area contributed by atoms with E-state index in [9.17, 15) is 0 Å². The van der Waals surface area contributed by atoms with Crippen molar-refractivity contribution in [2.45, 2.75) is 0 Å². The maximum absolute atomic E-state index is 6.60. The number of benzene rings is 9. The smallest absolute Gasteiger partial charge is 0.136 e. The van der Waals surface area contributed by atoms with Gasteiger partial charge in [0.15, 0.2) is 0 Å². The van der Waals surface area contributed by atoms with Gasteiger partial charge >= 0.3 is 0 Å². The van der Waals surface area contributed by atoms with Gasteiger partial charge in [-0.25, -0.2) is 0 Å². The van der Waals surface area contributed by atoms with Gasteiger partial charge < -0.3 is 8.83 Å². The van der Waals surface area contributed by atoms with Crippen LogP contribution in [0.2, 0.25) is 0 Å². The minimum absolute atomic E-state index is 0.870. The summed E-state index contributed by atoms with van der Waals surface area (Å²) in [6.45, 7) is 0. The normalized spacial score (nSPS) is 12.2. The molecule has 48 heavy (non-hydrogen) atoms. The van der Waals surface area contributed by atoms with Crippen molar-refractivity contribution in [3.63, 3.8) is 0 Å². The first-order chi connectivity index (χ1) is 23.8. The predicted octanol–water partition coefficient (Wildman–Crippen LogP) is 13.4. The van der Waals surface area contributed by atoms with E-state index in [1.54, 1.807) is 0 Å². The second-order valence-corrected chi connectivity index (χ2v) is 12.8. The number of hydrogen-bond acceptors (Lipinski definition) is 2. The molecule has 0 saturated carbocycles. The van der Waals surface area contributed by atoms with Crippen LogP contribution < -0.4 is 0 Å². The van der Waals surface area contributed by atoms with Crippen LogP contribution in [0.3, 0.4) is 0 Å². The van der Waals surface area contributed by atoms with Crippen molar-refractivity contribution in [1.82, 2.24) is 0 Å². The molecule has 0 spiro atoms. The molecule has 0 aliphatic carbocycles. The second-order valence-electron chi connectivity index (χ2n) is 12.8. The van der Waals surface area contributed by atoms with Gasteiger partial charge in [-0.15, -0.1) is 0 Å². The van der Waals surface area contributed by atoms with Crippen LogP contribution in [0, 0.1) is 0 Å². The third kappa shape index (κ3) is 3.52. The van der Waals surface area contributed by atoms with Gasteiger partial charge in [-0.1, -0.05) is 127 Å². The van der Waals surface area contributed by atoms with Crippen LogP contribution in [0.25, 0.3) is 109 Å². The van der Waals surface area contributed by atoms with Crippen molar-refractivity contribution in [1.29, 1.82) is 0 Å². The molecule has 0 amide bonds. The molecule has 0 unspecified atom stereocenters. The zero-order chi connectivity index (χ0) is 31.3. The van der Waals surface area contributed by atoms with Crippen molar-refractivity contribution in [2.75, 3.05) is 0 Å². The molecular weight excluding hydrogens is 585 g/mol. The molecule has 0 aliphatic heterocycles. The van der Waals surface area contributed by atoms with Crippen LogP contribution in [0.15, 0.2) is 167 Å². The fourth-order valence-electron chi connectivity index (χ4n) is 8.14. The number of para-hydroxylation sites is 1. The lowest BCUT2D eigenvalue weighted by atomic mass is 9.84. The number of furan rings is 2. The van der Waals surface area contributed by atoms with Crippen LogP contribution in [-0.4, -0.2) is 0 Å². The summed E-state index contributed by atoms with van der Waals surface area (Å²) < 4.78 is 12.8. The molecule has 222 valence electrons. The number of rotatable bonds is 2. The van der Waals surface area contributed by atoms with E-state index in [4.69, 9.17) is 8.83 Å². The summed E-state index contributed by atoms with van der Waals surface area (Å²) >= 11 is 0. The van der Waals surface area contributed by atoms with Gasteiger partial charge in [-0.05, 0) is 95.7 Å². The third-order valence-corrected chi connectivity index (χ3v) is 10.2. The van der Waals surface area contributed by atoms with Crippen molar-refractivity contribution in [2.24, 2.45) is 0 Å². The Kier molecular flexibility index (Phi) is 5.14. The first kappa shape index (κ1) is 25.8. The van der Waals surface area contributed by atoms with Crippen molar-refractivity contribution >= 4 is 87.0 Å². The molecule has 0 bridgehead atoms. The minimum atomic E-state index is 0.870. The number of hydrogen-bond donors (Lipinski definition) is 0. The third-order valence-electron chi connectivity index (χ3n) is 10.2. The summed E-state index contributed by atoms with van der Waals surface area (Å²) in [7, 11) is 0. The van der Waals surface area contributed by atoms with Gasteiger partial charge in [-0.2, -0.15) is 0 Å². The van der Waals surface area contributed by atoms with E-state index >= 15 is 0 Å². The van der Waals surface area contributed by atoms with E-state index in [2.05, 4.69) is 146 Å². The summed E-state index contributed by atoms with van der Waals surface area (Å²) in [5, 5.41) is 14.3. The fourth-order valence-corrected chi connectivity index (χ4v) is 8.14. The molecule has 0 aliphatic rings. The molecule has 0 saturated heterocycles. The van der Waals surface area contributed by atoms with E-state index in [0.717, 1.165) is 49.4 Å². The van der Waals surface area contributed by atoms with Crippen molar-refractivity contribution in [3.8, 4) is 22.3 Å². The van der Waals surface area contributed by atoms with Gasteiger partial charge in [0.1, 0.15) is 22.3 Å². The van der Waals surface area contributed by atoms with Crippen molar-refractivity contribution in [3.05, 3.63) is 158 Å². The molecule has 2 nitrogen and oxygen atoms in total. The summed E-state index contributed by atoms with van der Waals surface area (Å²) in [5.74, 6) is 0. The average Bonchev–Trinajstić information content (AvgIpc) is 3.69. The maximum atomic E-state index is 6.60. The van der Waals surface area contributed by atoms with Gasteiger partial charge in [0, 0.05) is 21.5 Å². The molecule has 11 aromatic rings. The highest BCUT2D eigenvalue weighted by atomic mass is 16.3. The highest BCUT2D eigenvalue weighted by molar-refractivity contribution is 6.25. The lowest BCUT2D eigenvalue weighted by Crippen LogP contribution is -1.91. The highest BCUT2D eigenvalue weighted by Gasteiger charge is 2.20. The van der Waals surface area contributed by atoms with Crippen LogP contribution in [0.5, 0.6) is 0 Å². The monoisotopic (exact) mass is 610 g/mol. The van der Waals surface area contributed by atoms with E-state index in [1.165, 1.54) is 59.8 Å². The minimum Gasteiger partial charge on any atom is -0.456 e. The Labute approximate surface area is 275 Å². The molecule has 2 aromatic heterocycles.